The van der Waals surface area contributed by atoms with Gasteiger partial charge in [0.2, 0.25) is 29.2 Å². The number of ether oxygens (including phenoxy) is 3. The summed E-state index contributed by atoms with van der Waals surface area (Å²) in [7, 11) is 0. The van der Waals surface area contributed by atoms with Gasteiger partial charge in [0.15, 0.2) is 0 Å². The van der Waals surface area contributed by atoms with Crippen LogP contribution in [-0.4, -0.2) is 113 Å². The van der Waals surface area contributed by atoms with Crippen molar-refractivity contribution in [3.63, 3.8) is 0 Å². The van der Waals surface area contributed by atoms with E-state index in [0.717, 1.165) is 0 Å². The standard InChI is InChI=1S/C25H10F24O9/c1-4-7(50)10(53)13(14(26,27)20(35,36)37)56-23(44,45)17(30,24(46,47)57-15(28,11(54)8(51)5-2)18(31,32)21(38,39)40)25(48,49)58-16(29,12(55)9(52)6-3)19(33,34)22(41,42)43/h4-6,13H,1-3H2. The van der Waals surface area contributed by atoms with Gasteiger partial charge in [0.05, 0.1) is 0 Å². The molecule has 0 aromatic carbocycles. The second-order valence-corrected chi connectivity index (χ2v) is 10.1. The maximum Gasteiger partial charge on any atom is 0.460 e. The van der Waals surface area contributed by atoms with Crippen LogP contribution in [0, 0.1) is 0 Å². The lowest BCUT2D eigenvalue weighted by molar-refractivity contribution is -0.536. The Bertz CT molecular complexity index is 1630. The Morgan fingerprint density at radius 3 is 0.914 bits per heavy atom. The van der Waals surface area contributed by atoms with Crippen molar-refractivity contribution >= 4 is 34.7 Å². The van der Waals surface area contributed by atoms with E-state index in [9.17, 15) is 94.6 Å². The molecule has 0 saturated carbocycles. The van der Waals surface area contributed by atoms with Gasteiger partial charge in [-0.15, -0.1) is 0 Å². The summed E-state index contributed by atoms with van der Waals surface area (Å²) >= 11 is 0. The average Bonchev–Trinajstić information content (AvgIpc) is 3.05. The van der Waals surface area contributed by atoms with E-state index in [1.807, 2.05) is 17.9 Å². The molecule has 0 aliphatic carbocycles. The largest absolute Gasteiger partial charge is 0.460 e. The molecule has 0 aromatic rings. The number of hydrogen-bond donors (Lipinski definition) is 0. The van der Waals surface area contributed by atoms with Gasteiger partial charge in [-0.05, 0) is 18.2 Å². The van der Waals surface area contributed by atoms with Gasteiger partial charge < -0.3 is 0 Å². The first kappa shape index (κ1) is 53.4. The molecule has 0 radical (unpaired) electrons. The molecule has 0 saturated heterocycles. The van der Waals surface area contributed by atoms with Crippen LogP contribution in [0.2, 0.25) is 0 Å². The minimum absolute atomic E-state index is 0.848. The van der Waals surface area contributed by atoms with Crippen LogP contribution in [0.1, 0.15) is 0 Å². The Balaban J connectivity index is 9.06. The van der Waals surface area contributed by atoms with Crippen LogP contribution in [0.15, 0.2) is 38.0 Å². The van der Waals surface area contributed by atoms with Gasteiger partial charge in [0, 0.05) is 0 Å². The van der Waals surface area contributed by atoms with Crippen LogP contribution >= 0.6 is 0 Å². The quantitative estimate of drug-likeness (QED) is 0.0695. The predicted octanol–water partition coefficient (Wildman–Crippen LogP) is 6.79. The van der Waals surface area contributed by atoms with Crippen LogP contribution in [0.3, 0.4) is 0 Å². The van der Waals surface area contributed by atoms with Crippen LogP contribution in [0.25, 0.3) is 0 Å². The SMILES string of the molecule is C=CC(=O)C(=O)C(OC(F)(F)C(F)(C(F)(F)OC(F)(C(=O)C(=O)C=C)C(F)(F)C(F)(F)F)C(F)(F)OC(F)(C(=O)C(=O)C=C)C(F)(F)C(F)(F)F)C(F)(F)C(F)(F)F. The van der Waals surface area contributed by atoms with E-state index < -0.39 is 131 Å². The number of rotatable bonds is 21. The Labute approximate surface area is 300 Å². The van der Waals surface area contributed by atoms with Crippen molar-refractivity contribution in [2.45, 2.75) is 78.1 Å². The van der Waals surface area contributed by atoms with Crippen molar-refractivity contribution < 1.29 is 148 Å². The number of allylic oxidation sites excluding steroid dienone is 3. The predicted molar refractivity (Wildman–Crippen MR) is 127 cm³/mol. The summed E-state index contributed by atoms with van der Waals surface area (Å²) in [6, 6.07) is 0. The highest BCUT2D eigenvalue weighted by molar-refractivity contribution is 6.44. The molecule has 0 spiro atoms. The third kappa shape index (κ3) is 8.45. The van der Waals surface area contributed by atoms with E-state index in [1.54, 1.807) is 0 Å². The van der Waals surface area contributed by atoms with Crippen molar-refractivity contribution in [1.82, 2.24) is 0 Å². The maximum absolute atomic E-state index is 16.1. The number of halogens is 24. The summed E-state index contributed by atoms with van der Waals surface area (Å²) < 4.78 is 346. The second-order valence-electron chi connectivity index (χ2n) is 10.1. The molecule has 0 amide bonds. The van der Waals surface area contributed by atoms with Crippen LogP contribution < -0.4 is 0 Å². The Morgan fingerprint density at radius 1 is 0.414 bits per heavy atom. The number of carbonyl (C=O) groups excluding carboxylic acids is 6. The third-order valence-electron chi connectivity index (χ3n) is 6.30. The minimum Gasteiger partial charge on any atom is -0.299 e. The second kappa shape index (κ2) is 15.6. The molecule has 0 bridgehead atoms. The van der Waals surface area contributed by atoms with Gasteiger partial charge in [-0.25, -0.2) is 4.39 Å². The molecule has 0 aliphatic heterocycles. The lowest BCUT2D eigenvalue weighted by Gasteiger charge is -2.46. The van der Waals surface area contributed by atoms with E-state index in [-0.39, 0.29) is 0 Å². The molecule has 33 heteroatoms. The van der Waals surface area contributed by atoms with Crippen LogP contribution in [0.4, 0.5) is 105 Å². The summed E-state index contributed by atoms with van der Waals surface area (Å²) in [5.41, 5.74) is -9.64. The molecule has 3 atom stereocenters. The van der Waals surface area contributed by atoms with Crippen LogP contribution in [-0.2, 0) is 43.0 Å². The number of ketones is 6. The van der Waals surface area contributed by atoms with Gasteiger partial charge in [-0.2, -0.15) is 101 Å². The van der Waals surface area contributed by atoms with Crippen LogP contribution in [0.5, 0.6) is 0 Å². The molecule has 0 aromatic heterocycles. The van der Waals surface area contributed by atoms with Gasteiger partial charge >= 0.3 is 72.0 Å². The summed E-state index contributed by atoms with van der Waals surface area (Å²) in [6.45, 7) is 6.21. The number of carbonyl (C=O) groups is 6. The molecular weight excluding hydrogens is 900 g/mol. The maximum atomic E-state index is 16.1. The Hall–Kier alpha value is -4.56. The van der Waals surface area contributed by atoms with Crippen molar-refractivity contribution in [1.29, 1.82) is 0 Å². The average molecular weight is 910 g/mol. The van der Waals surface area contributed by atoms with E-state index in [1.165, 1.54) is 9.47 Å². The summed E-state index contributed by atoms with van der Waals surface area (Å²) in [4.78, 5) is 69.6. The minimum atomic E-state index is -9.64. The summed E-state index contributed by atoms with van der Waals surface area (Å²) in [5, 5.41) is 0. The lowest BCUT2D eigenvalue weighted by atomic mass is 9.96. The zero-order valence-corrected chi connectivity index (χ0v) is 26.2. The number of Topliss-reactive ketones (excluding diaryl/α,β-unsaturated/α-hetero) is 3. The first-order valence-corrected chi connectivity index (χ1v) is 12.9. The van der Waals surface area contributed by atoms with Crippen molar-refractivity contribution in [2.75, 3.05) is 0 Å². The van der Waals surface area contributed by atoms with E-state index in [0.29, 0.717) is 0 Å². The van der Waals surface area contributed by atoms with Gasteiger partial charge in [-0.1, -0.05) is 19.7 Å². The molecule has 0 aliphatic rings. The molecule has 0 N–H and O–H groups in total. The molecule has 58 heavy (non-hydrogen) atoms. The zero-order chi connectivity index (χ0) is 47.3. The van der Waals surface area contributed by atoms with Crippen molar-refractivity contribution in [3.8, 4) is 0 Å². The number of alkyl halides is 24. The Morgan fingerprint density at radius 2 is 0.690 bits per heavy atom. The third-order valence-corrected chi connectivity index (χ3v) is 6.30. The highest BCUT2D eigenvalue weighted by Crippen LogP contribution is 2.61. The molecule has 3 unspecified atom stereocenters. The monoisotopic (exact) mass is 910 g/mol. The van der Waals surface area contributed by atoms with Crippen molar-refractivity contribution in [3.05, 3.63) is 38.0 Å². The first-order chi connectivity index (χ1) is 25.2. The number of hydrogen-bond acceptors (Lipinski definition) is 9. The molecular formula is C25H10F24O9. The summed E-state index contributed by atoms with van der Waals surface area (Å²) in [5.74, 6) is -64.8. The molecule has 0 fully saturated rings. The fourth-order valence-corrected chi connectivity index (χ4v) is 3.27. The fourth-order valence-electron chi connectivity index (χ4n) is 3.27. The fraction of sp³-hybridized carbons (Fsp3) is 0.520. The zero-order valence-electron chi connectivity index (χ0n) is 26.2. The van der Waals surface area contributed by atoms with Gasteiger partial charge in [0.25, 0.3) is 11.6 Å². The van der Waals surface area contributed by atoms with Crippen molar-refractivity contribution in [2.24, 2.45) is 0 Å². The smallest absolute Gasteiger partial charge is 0.299 e. The van der Waals surface area contributed by atoms with Gasteiger partial charge in [0.1, 0.15) is 0 Å². The topological polar surface area (TPSA) is 130 Å². The first-order valence-electron chi connectivity index (χ1n) is 12.9. The molecule has 0 heterocycles. The molecule has 9 nitrogen and oxygen atoms in total. The van der Waals surface area contributed by atoms with Gasteiger partial charge in [-0.3, -0.25) is 43.0 Å². The lowest BCUT2D eigenvalue weighted by Crippen LogP contribution is -2.76. The summed E-state index contributed by atoms with van der Waals surface area (Å²) in [6.07, 6.45) is -61.1. The van der Waals surface area contributed by atoms with E-state index >= 15 is 39.5 Å². The van der Waals surface area contributed by atoms with E-state index in [4.69, 9.17) is 0 Å². The molecule has 332 valence electrons. The molecule has 0 rings (SSSR count). The van der Waals surface area contributed by atoms with E-state index in [2.05, 4.69) is 6.58 Å². The highest BCUT2D eigenvalue weighted by atomic mass is 19.4. The normalized spacial score (nSPS) is 17.8. The Kier molecular flexibility index (Phi) is 14.3. The highest BCUT2D eigenvalue weighted by Gasteiger charge is 2.92.